The summed E-state index contributed by atoms with van der Waals surface area (Å²) in [6.07, 6.45) is 5.64. The first-order valence-electron chi connectivity index (χ1n) is 6.63. The molecular weight excluding hydrogens is 280 g/mol. The van der Waals surface area contributed by atoms with Gasteiger partial charge in [-0.1, -0.05) is 6.07 Å². The summed E-state index contributed by atoms with van der Waals surface area (Å²) in [6.45, 7) is 1.98. The average Bonchev–Trinajstić information content (AvgIpc) is 3.14. The zero-order valence-corrected chi connectivity index (χ0v) is 12.2. The smallest absolute Gasteiger partial charge is 0.153 e. The monoisotopic (exact) mass is 292 g/mol. The van der Waals surface area contributed by atoms with E-state index in [0.717, 1.165) is 27.5 Å². The normalized spacial score (nSPS) is 11.1. The summed E-state index contributed by atoms with van der Waals surface area (Å²) >= 11 is 1.73. The van der Waals surface area contributed by atoms with Gasteiger partial charge in [0.15, 0.2) is 5.82 Å². The number of thiophene rings is 1. The molecule has 5 heteroatoms. The molecule has 0 aliphatic heterocycles. The van der Waals surface area contributed by atoms with Crippen molar-refractivity contribution in [2.75, 3.05) is 0 Å². The van der Waals surface area contributed by atoms with E-state index in [0.29, 0.717) is 0 Å². The lowest BCUT2D eigenvalue weighted by atomic mass is 10.3. The Bertz CT molecular complexity index is 890. The zero-order chi connectivity index (χ0) is 14.2. The lowest BCUT2D eigenvalue weighted by Crippen LogP contribution is -1.98. The van der Waals surface area contributed by atoms with Crippen LogP contribution in [0.5, 0.6) is 0 Å². The van der Waals surface area contributed by atoms with Gasteiger partial charge in [0.25, 0.3) is 0 Å². The molecule has 0 radical (unpaired) electrons. The van der Waals surface area contributed by atoms with Gasteiger partial charge in [-0.05, 0) is 37.3 Å². The summed E-state index contributed by atoms with van der Waals surface area (Å²) in [4.78, 5) is 9.78. The first-order valence-corrected chi connectivity index (χ1v) is 7.45. The topological polar surface area (TPSA) is 43.6 Å². The average molecular weight is 292 g/mol. The number of aryl methyl sites for hydroxylation is 1. The van der Waals surface area contributed by atoms with E-state index < -0.39 is 0 Å². The number of aromatic nitrogens is 4. The van der Waals surface area contributed by atoms with Crippen LogP contribution in [0, 0.1) is 6.92 Å². The summed E-state index contributed by atoms with van der Waals surface area (Å²) in [6, 6.07) is 12.1. The third-order valence-electron chi connectivity index (χ3n) is 3.27. The Morgan fingerprint density at radius 3 is 2.95 bits per heavy atom. The molecule has 0 spiro atoms. The molecule has 102 valence electrons. The quantitative estimate of drug-likeness (QED) is 0.563. The van der Waals surface area contributed by atoms with Gasteiger partial charge in [-0.15, -0.1) is 11.3 Å². The number of rotatable bonds is 2. The molecule has 0 N–H and O–H groups in total. The predicted octanol–water partition coefficient (Wildman–Crippen LogP) is 3.85. The number of pyridine rings is 2. The minimum absolute atomic E-state index is 0.837. The van der Waals surface area contributed by atoms with Crippen LogP contribution in [0.25, 0.3) is 26.5 Å². The summed E-state index contributed by atoms with van der Waals surface area (Å²) in [7, 11) is 0. The van der Waals surface area contributed by atoms with Crippen LogP contribution >= 0.6 is 11.3 Å². The maximum absolute atomic E-state index is 4.63. The van der Waals surface area contributed by atoms with Crippen molar-refractivity contribution < 1.29 is 0 Å². The summed E-state index contributed by atoms with van der Waals surface area (Å²) < 4.78 is 3.04. The number of fused-ring (bicyclic) bond motifs is 1. The predicted molar refractivity (Wildman–Crippen MR) is 84.7 cm³/mol. The molecule has 0 unspecified atom stereocenters. The molecule has 0 amide bonds. The second kappa shape index (κ2) is 4.79. The van der Waals surface area contributed by atoms with E-state index in [-0.39, 0.29) is 0 Å². The molecule has 0 aliphatic rings. The molecular formula is C16H12N4S. The molecule has 21 heavy (non-hydrogen) atoms. The number of hydrogen-bond donors (Lipinski definition) is 0. The SMILES string of the molecule is Cc1cccc(-n2ccc(-c3cc4cnccc4s3)n2)n1. The fraction of sp³-hybridized carbons (Fsp3) is 0.0625. The van der Waals surface area contributed by atoms with E-state index in [1.807, 2.05) is 60.5 Å². The Hall–Kier alpha value is -2.53. The highest BCUT2D eigenvalue weighted by atomic mass is 32.1. The molecule has 0 aliphatic carbocycles. The first kappa shape index (κ1) is 12.2. The largest absolute Gasteiger partial charge is 0.264 e. The third-order valence-corrected chi connectivity index (χ3v) is 4.41. The van der Waals surface area contributed by atoms with Crippen molar-refractivity contribution in [2.45, 2.75) is 6.92 Å². The molecule has 4 aromatic heterocycles. The molecule has 0 aromatic carbocycles. The van der Waals surface area contributed by atoms with Crippen molar-refractivity contribution in [3.05, 3.63) is 60.7 Å². The Labute approximate surface area is 125 Å². The van der Waals surface area contributed by atoms with Crippen molar-refractivity contribution in [1.82, 2.24) is 19.7 Å². The zero-order valence-electron chi connectivity index (χ0n) is 11.4. The van der Waals surface area contributed by atoms with Crippen LogP contribution in [0.15, 0.2) is 55.0 Å². The van der Waals surface area contributed by atoms with Gasteiger partial charge in [-0.25, -0.2) is 9.67 Å². The van der Waals surface area contributed by atoms with Crippen LogP contribution in [0.3, 0.4) is 0 Å². The highest BCUT2D eigenvalue weighted by Crippen LogP contribution is 2.32. The van der Waals surface area contributed by atoms with Crippen LogP contribution in [0.2, 0.25) is 0 Å². The van der Waals surface area contributed by atoms with Crippen LogP contribution in [0.1, 0.15) is 5.69 Å². The van der Waals surface area contributed by atoms with E-state index >= 15 is 0 Å². The molecule has 4 aromatic rings. The maximum Gasteiger partial charge on any atom is 0.153 e. The standard InChI is InChI=1S/C16H12N4S/c1-11-3-2-4-16(18-11)20-8-6-13(19-20)15-9-12-10-17-7-5-14(12)21-15/h2-10H,1H3. The summed E-state index contributed by atoms with van der Waals surface area (Å²) in [5.41, 5.74) is 1.94. The van der Waals surface area contributed by atoms with Crippen molar-refractivity contribution in [2.24, 2.45) is 0 Å². The third kappa shape index (κ3) is 2.21. The summed E-state index contributed by atoms with van der Waals surface area (Å²) in [5.74, 6) is 0.837. The van der Waals surface area contributed by atoms with E-state index in [4.69, 9.17) is 0 Å². The van der Waals surface area contributed by atoms with Gasteiger partial charge in [0.1, 0.15) is 5.69 Å². The van der Waals surface area contributed by atoms with Crippen LogP contribution < -0.4 is 0 Å². The van der Waals surface area contributed by atoms with Gasteiger partial charge >= 0.3 is 0 Å². The first-order chi connectivity index (χ1) is 10.3. The lowest BCUT2D eigenvalue weighted by Gasteiger charge is -2.00. The molecule has 4 rings (SSSR count). The van der Waals surface area contributed by atoms with E-state index in [1.54, 1.807) is 11.3 Å². The van der Waals surface area contributed by atoms with Crippen LogP contribution in [-0.2, 0) is 0 Å². The van der Waals surface area contributed by atoms with E-state index in [1.165, 1.54) is 4.70 Å². The van der Waals surface area contributed by atoms with Gasteiger partial charge in [-0.3, -0.25) is 4.98 Å². The fourth-order valence-corrected chi connectivity index (χ4v) is 3.24. The number of hydrogen-bond acceptors (Lipinski definition) is 4. The fourth-order valence-electron chi connectivity index (χ4n) is 2.25. The highest BCUT2D eigenvalue weighted by molar-refractivity contribution is 7.22. The van der Waals surface area contributed by atoms with Crippen LogP contribution in [0.4, 0.5) is 0 Å². The van der Waals surface area contributed by atoms with Gasteiger partial charge in [0.05, 0.1) is 4.88 Å². The Morgan fingerprint density at radius 2 is 2.10 bits per heavy atom. The molecule has 0 saturated carbocycles. The Kier molecular flexibility index (Phi) is 2.79. The number of nitrogens with zero attached hydrogens (tertiary/aromatic N) is 4. The molecule has 4 heterocycles. The van der Waals surface area contributed by atoms with Crippen molar-refractivity contribution in [3.8, 4) is 16.4 Å². The van der Waals surface area contributed by atoms with Crippen molar-refractivity contribution in [3.63, 3.8) is 0 Å². The van der Waals surface area contributed by atoms with Gasteiger partial charge in [0, 0.05) is 34.4 Å². The molecule has 4 nitrogen and oxygen atoms in total. The van der Waals surface area contributed by atoms with E-state index in [2.05, 4.69) is 21.1 Å². The highest BCUT2D eigenvalue weighted by Gasteiger charge is 2.08. The van der Waals surface area contributed by atoms with Crippen molar-refractivity contribution >= 4 is 21.4 Å². The maximum atomic E-state index is 4.63. The molecule has 0 bridgehead atoms. The van der Waals surface area contributed by atoms with E-state index in [9.17, 15) is 0 Å². The Balaban J connectivity index is 1.77. The summed E-state index contributed by atoms with van der Waals surface area (Å²) in [5, 5.41) is 5.78. The molecule has 0 atom stereocenters. The lowest BCUT2D eigenvalue weighted by molar-refractivity contribution is 0.844. The minimum atomic E-state index is 0.837. The second-order valence-corrected chi connectivity index (χ2v) is 5.89. The van der Waals surface area contributed by atoms with Gasteiger partial charge in [-0.2, -0.15) is 5.10 Å². The van der Waals surface area contributed by atoms with Gasteiger partial charge in [0.2, 0.25) is 0 Å². The molecule has 0 saturated heterocycles. The van der Waals surface area contributed by atoms with Crippen LogP contribution in [-0.4, -0.2) is 19.7 Å². The molecule has 0 fully saturated rings. The van der Waals surface area contributed by atoms with Crippen molar-refractivity contribution in [1.29, 1.82) is 0 Å². The minimum Gasteiger partial charge on any atom is -0.264 e. The second-order valence-electron chi connectivity index (χ2n) is 4.81. The Morgan fingerprint density at radius 1 is 1.14 bits per heavy atom. The van der Waals surface area contributed by atoms with Gasteiger partial charge < -0.3 is 0 Å².